The lowest BCUT2D eigenvalue weighted by Crippen LogP contribution is -2.11. The zero-order chi connectivity index (χ0) is 15.5. The van der Waals surface area contributed by atoms with Crippen molar-refractivity contribution in [3.05, 3.63) is 47.8 Å². The second-order valence-corrected chi connectivity index (χ2v) is 4.61. The van der Waals surface area contributed by atoms with Gasteiger partial charge < -0.3 is 14.6 Å². The van der Waals surface area contributed by atoms with Crippen LogP contribution >= 0.6 is 0 Å². The smallest absolute Gasteiger partial charge is 0.418 e. The summed E-state index contributed by atoms with van der Waals surface area (Å²) in [5.41, 5.74) is 0.255. The normalized spacial score (nSPS) is 11.5. The van der Waals surface area contributed by atoms with Crippen molar-refractivity contribution in [2.45, 2.75) is 26.2 Å². The SMILES string of the molecule is CCn1ccc(CNc2ccc(OC)cc2C(F)(F)F)c1. The summed E-state index contributed by atoms with van der Waals surface area (Å²) in [5.74, 6) is 0.185. The molecule has 3 nitrogen and oxygen atoms in total. The van der Waals surface area contributed by atoms with Gasteiger partial charge in [0.1, 0.15) is 5.75 Å². The van der Waals surface area contributed by atoms with Crippen LogP contribution in [0.1, 0.15) is 18.1 Å². The molecule has 114 valence electrons. The molecule has 0 amide bonds. The van der Waals surface area contributed by atoms with E-state index in [1.807, 2.05) is 30.0 Å². The van der Waals surface area contributed by atoms with Gasteiger partial charge in [-0.15, -0.1) is 0 Å². The van der Waals surface area contributed by atoms with Gasteiger partial charge in [0.25, 0.3) is 0 Å². The number of aryl methyl sites for hydroxylation is 1. The van der Waals surface area contributed by atoms with Crippen molar-refractivity contribution in [3.8, 4) is 5.75 Å². The molecule has 0 unspecified atom stereocenters. The number of methoxy groups -OCH3 is 1. The van der Waals surface area contributed by atoms with Gasteiger partial charge in [-0.2, -0.15) is 13.2 Å². The molecule has 6 heteroatoms. The maximum absolute atomic E-state index is 13.0. The summed E-state index contributed by atoms with van der Waals surface area (Å²) < 4.78 is 46.0. The van der Waals surface area contributed by atoms with Crippen LogP contribution in [0.15, 0.2) is 36.7 Å². The summed E-state index contributed by atoms with van der Waals surface area (Å²) in [4.78, 5) is 0. The first-order valence-corrected chi connectivity index (χ1v) is 6.57. The van der Waals surface area contributed by atoms with E-state index >= 15 is 0 Å². The Bertz CT molecular complexity index is 605. The Labute approximate surface area is 121 Å². The van der Waals surface area contributed by atoms with Gasteiger partial charge in [0.2, 0.25) is 0 Å². The first kappa shape index (κ1) is 15.3. The van der Waals surface area contributed by atoms with Crippen LogP contribution in [0.5, 0.6) is 5.75 Å². The summed E-state index contributed by atoms with van der Waals surface area (Å²) in [7, 11) is 1.34. The molecule has 1 heterocycles. The Morgan fingerprint density at radius 3 is 2.57 bits per heavy atom. The van der Waals surface area contributed by atoms with E-state index in [4.69, 9.17) is 4.74 Å². The average molecular weight is 298 g/mol. The number of halogens is 3. The molecule has 2 aromatic rings. The highest BCUT2D eigenvalue weighted by Crippen LogP contribution is 2.37. The number of alkyl halides is 3. The Kier molecular flexibility index (Phi) is 4.45. The van der Waals surface area contributed by atoms with Crippen molar-refractivity contribution in [2.75, 3.05) is 12.4 Å². The number of benzene rings is 1. The topological polar surface area (TPSA) is 26.2 Å². The second-order valence-electron chi connectivity index (χ2n) is 4.61. The fourth-order valence-electron chi connectivity index (χ4n) is 2.03. The van der Waals surface area contributed by atoms with Crippen molar-refractivity contribution < 1.29 is 17.9 Å². The van der Waals surface area contributed by atoms with Crippen LogP contribution in [0.4, 0.5) is 18.9 Å². The number of ether oxygens (including phenoxy) is 1. The molecule has 0 radical (unpaired) electrons. The minimum atomic E-state index is -4.42. The molecule has 0 atom stereocenters. The lowest BCUT2D eigenvalue weighted by atomic mass is 10.1. The van der Waals surface area contributed by atoms with Crippen LogP contribution < -0.4 is 10.1 Å². The predicted octanol–water partition coefficient (Wildman–Crippen LogP) is 4.15. The third-order valence-electron chi connectivity index (χ3n) is 3.19. The molecule has 0 aliphatic heterocycles. The van der Waals surface area contributed by atoms with Gasteiger partial charge in [0.05, 0.1) is 12.7 Å². The lowest BCUT2D eigenvalue weighted by molar-refractivity contribution is -0.137. The predicted molar refractivity (Wildman–Crippen MR) is 75.4 cm³/mol. The van der Waals surface area contributed by atoms with Crippen molar-refractivity contribution in [1.29, 1.82) is 0 Å². The minimum absolute atomic E-state index is 0.0487. The van der Waals surface area contributed by atoms with Crippen molar-refractivity contribution >= 4 is 5.69 Å². The molecular weight excluding hydrogens is 281 g/mol. The van der Waals surface area contributed by atoms with E-state index in [0.717, 1.165) is 18.2 Å². The Hall–Kier alpha value is -2.11. The van der Waals surface area contributed by atoms with Crippen LogP contribution in [0.25, 0.3) is 0 Å². The average Bonchev–Trinajstić information content (AvgIpc) is 2.92. The Morgan fingerprint density at radius 1 is 1.24 bits per heavy atom. The standard InChI is InChI=1S/C15H17F3N2O/c1-3-20-7-6-11(10-20)9-19-14-5-4-12(21-2)8-13(14)15(16,17)18/h4-8,10,19H,3,9H2,1-2H3. The molecule has 0 aliphatic rings. The molecule has 1 N–H and O–H groups in total. The van der Waals surface area contributed by atoms with E-state index in [-0.39, 0.29) is 11.4 Å². The monoisotopic (exact) mass is 298 g/mol. The van der Waals surface area contributed by atoms with Gasteiger partial charge in [0.15, 0.2) is 0 Å². The van der Waals surface area contributed by atoms with E-state index in [9.17, 15) is 13.2 Å². The number of nitrogens with one attached hydrogen (secondary N) is 1. The molecule has 1 aromatic heterocycles. The summed E-state index contributed by atoms with van der Waals surface area (Å²) in [6, 6.07) is 5.78. The quantitative estimate of drug-likeness (QED) is 0.897. The highest BCUT2D eigenvalue weighted by Gasteiger charge is 2.34. The van der Waals surface area contributed by atoms with Crippen LogP contribution in [0.2, 0.25) is 0 Å². The molecule has 2 rings (SSSR count). The molecule has 1 aromatic carbocycles. The van der Waals surface area contributed by atoms with E-state index in [1.54, 1.807) is 0 Å². The zero-order valence-corrected chi connectivity index (χ0v) is 11.9. The Balaban J connectivity index is 2.19. The number of hydrogen-bond donors (Lipinski definition) is 1. The molecule has 0 fully saturated rings. The number of anilines is 1. The third kappa shape index (κ3) is 3.71. The van der Waals surface area contributed by atoms with Crippen molar-refractivity contribution in [1.82, 2.24) is 4.57 Å². The van der Waals surface area contributed by atoms with Crippen LogP contribution in [-0.2, 0) is 19.3 Å². The van der Waals surface area contributed by atoms with Gasteiger partial charge in [-0.3, -0.25) is 0 Å². The first-order chi connectivity index (χ1) is 9.94. The molecular formula is C15H17F3N2O. The van der Waals surface area contributed by atoms with Crippen LogP contribution in [0, 0.1) is 0 Å². The fourth-order valence-corrected chi connectivity index (χ4v) is 2.03. The molecule has 0 aliphatic carbocycles. The number of aromatic nitrogens is 1. The highest BCUT2D eigenvalue weighted by molar-refractivity contribution is 5.55. The van der Waals surface area contributed by atoms with E-state index in [2.05, 4.69) is 5.32 Å². The minimum Gasteiger partial charge on any atom is -0.497 e. The van der Waals surface area contributed by atoms with Crippen LogP contribution in [-0.4, -0.2) is 11.7 Å². The number of nitrogens with zero attached hydrogens (tertiary/aromatic N) is 1. The molecule has 21 heavy (non-hydrogen) atoms. The van der Waals surface area contributed by atoms with Crippen LogP contribution in [0.3, 0.4) is 0 Å². The summed E-state index contributed by atoms with van der Waals surface area (Å²) in [6.07, 6.45) is -0.619. The second kappa shape index (κ2) is 6.11. The first-order valence-electron chi connectivity index (χ1n) is 6.57. The van der Waals surface area contributed by atoms with E-state index < -0.39 is 11.7 Å². The van der Waals surface area contributed by atoms with E-state index in [0.29, 0.717) is 6.54 Å². The maximum Gasteiger partial charge on any atom is 0.418 e. The van der Waals surface area contributed by atoms with Gasteiger partial charge in [-0.05, 0) is 36.8 Å². The number of rotatable bonds is 5. The van der Waals surface area contributed by atoms with Gasteiger partial charge >= 0.3 is 6.18 Å². The Morgan fingerprint density at radius 2 is 2.00 bits per heavy atom. The van der Waals surface area contributed by atoms with Gasteiger partial charge in [-0.25, -0.2) is 0 Å². The summed E-state index contributed by atoms with van der Waals surface area (Å²) in [6.45, 7) is 3.17. The van der Waals surface area contributed by atoms with Gasteiger partial charge in [-0.1, -0.05) is 0 Å². The lowest BCUT2D eigenvalue weighted by Gasteiger charge is -2.15. The molecule has 0 spiro atoms. The fraction of sp³-hybridized carbons (Fsp3) is 0.333. The highest BCUT2D eigenvalue weighted by atomic mass is 19.4. The van der Waals surface area contributed by atoms with E-state index in [1.165, 1.54) is 19.2 Å². The molecule has 0 saturated heterocycles. The number of hydrogen-bond acceptors (Lipinski definition) is 2. The van der Waals surface area contributed by atoms with Crippen molar-refractivity contribution in [2.24, 2.45) is 0 Å². The van der Waals surface area contributed by atoms with Crippen molar-refractivity contribution in [3.63, 3.8) is 0 Å². The maximum atomic E-state index is 13.0. The third-order valence-corrected chi connectivity index (χ3v) is 3.19. The zero-order valence-electron chi connectivity index (χ0n) is 11.9. The van der Waals surface area contributed by atoms with Gasteiger partial charge in [0, 0.05) is 31.2 Å². The summed E-state index contributed by atoms with van der Waals surface area (Å²) in [5, 5.41) is 2.84. The molecule has 0 bridgehead atoms. The summed E-state index contributed by atoms with van der Waals surface area (Å²) >= 11 is 0. The largest absolute Gasteiger partial charge is 0.497 e. The molecule has 0 saturated carbocycles.